The number of nitrogens with zero attached hydrogens (tertiary/aromatic N) is 1. The van der Waals surface area contributed by atoms with Crippen LogP contribution in [0.3, 0.4) is 0 Å². The molecule has 0 aliphatic heterocycles. The minimum absolute atomic E-state index is 0.0151. The number of amides is 1. The number of sulfonamides is 1. The summed E-state index contributed by atoms with van der Waals surface area (Å²) in [5.74, 6) is -1.97. The van der Waals surface area contributed by atoms with E-state index >= 15 is 0 Å². The van der Waals surface area contributed by atoms with E-state index in [1.807, 2.05) is 6.92 Å². The highest BCUT2D eigenvalue weighted by Gasteiger charge is 2.27. The first-order valence-corrected chi connectivity index (χ1v) is 9.03. The van der Waals surface area contributed by atoms with Gasteiger partial charge in [-0.15, -0.1) is 0 Å². The van der Waals surface area contributed by atoms with E-state index in [0.717, 1.165) is 4.31 Å². The molecule has 7 nitrogen and oxygen atoms in total. The maximum atomic E-state index is 12.5. The highest BCUT2D eigenvalue weighted by Crippen LogP contribution is 2.19. The molecule has 0 radical (unpaired) electrons. The molecule has 0 spiro atoms. The number of carboxylic acid groups (broad SMARTS) is 1. The van der Waals surface area contributed by atoms with Gasteiger partial charge in [0.2, 0.25) is 10.0 Å². The topological polar surface area (TPSA) is 104 Å². The minimum atomic E-state index is -3.68. The van der Waals surface area contributed by atoms with E-state index in [1.54, 1.807) is 13.8 Å². The Morgan fingerprint density at radius 1 is 1.29 bits per heavy atom. The van der Waals surface area contributed by atoms with E-state index in [9.17, 15) is 23.1 Å². The lowest BCUT2D eigenvalue weighted by Gasteiger charge is -2.21. The van der Waals surface area contributed by atoms with Gasteiger partial charge in [-0.25, -0.2) is 17.5 Å². The largest absolute Gasteiger partial charge is 0.480 e. The van der Waals surface area contributed by atoms with Gasteiger partial charge in [-0.1, -0.05) is 26.3 Å². The van der Waals surface area contributed by atoms with Crippen LogP contribution < -0.4 is 5.32 Å². The Labute approximate surface area is 142 Å². The third-order valence-electron chi connectivity index (χ3n) is 4.00. The number of carbonyl (C=O) groups excluding carboxylic acids is 1. The summed E-state index contributed by atoms with van der Waals surface area (Å²) in [7, 11) is -0.876. The minimum Gasteiger partial charge on any atom is -0.480 e. The predicted molar refractivity (Wildman–Crippen MR) is 90.4 cm³/mol. The average Bonchev–Trinajstić information content (AvgIpc) is 2.51. The normalized spacial score (nSPS) is 14.2. The van der Waals surface area contributed by atoms with Gasteiger partial charge in [0, 0.05) is 19.7 Å². The zero-order valence-corrected chi connectivity index (χ0v) is 15.3. The fourth-order valence-electron chi connectivity index (χ4n) is 2.12. The molecule has 0 fully saturated rings. The fraction of sp³-hybridized carbons (Fsp3) is 0.500. The molecule has 8 heteroatoms. The second kappa shape index (κ2) is 7.76. The third-order valence-corrected chi connectivity index (χ3v) is 5.81. The number of carbonyl (C=O) groups is 2. The number of carboxylic acids is 1. The summed E-state index contributed by atoms with van der Waals surface area (Å²) < 4.78 is 25.5. The maximum Gasteiger partial charge on any atom is 0.326 e. The van der Waals surface area contributed by atoms with Crippen LogP contribution in [-0.2, 0) is 14.8 Å². The molecule has 0 aliphatic rings. The standard InChI is InChI=1S/C16H24N2O5S/c1-6-10(2)14(16(20)21)17-15(19)13-9-12(8-7-11(13)3)24(22,23)18(4)5/h7-10,14H,6H2,1-5H3,(H,17,19)(H,20,21). The highest BCUT2D eigenvalue weighted by molar-refractivity contribution is 7.89. The molecular weight excluding hydrogens is 332 g/mol. The first kappa shape index (κ1) is 20.1. The summed E-state index contributed by atoms with van der Waals surface area (Å²) in [6.07, 6.45) is 0.589. The molecule has 0 heterocycles. The van der Waals surface area contributed by atoms with Crippen LogP contribution >= 0.6 is 0 Å². The molecule has 1 amide bonds. The molecule has 24 heavy (non-hydrogen) atoms. The Morgan fingerprint density at radius 3 is 2.33 bits per heavy atom. The Balaban J connectivity index is 3.22. The van der Waals surface area contributed by atoms with Gasteiger partial charge in [-0.05, 0) is 30.5 Å². The number of nitrogens with one attached hydrogen (secondary N) is 1. The molecular formula is C16H24N2O5S. The van der Waals surface area contributed by atoms with Crippen LogP contribution in [0.1, 0.15) is 36.2 Å². The number of aryl methyl sites for hydroxylation is 1. The van der Waals surface area contributed by atoms with Crippen LogP contribution in [0.15, 0.2) is 23.1 Å². The Kier molecular flexibility index (Phi) is 6.50. The zero-order valence-electron chi connectivity index (χ0n) is 14.5. The number of benzene rings is 1. The van der Waals surface area contributed by atoms with E-state index in [-0.39, 0.29) is 16.4 Å². The van der Waals surface area contributed by atoms with Crippen molar-refractivity contribution in [2.75, 3.05) is 14.1 Å². The van der Waals surface area contributed by atoms with E-state index < -0.39 is 27.9 Å². The second-order valence-corrected chi connectivity index (χ2v) is 8.09. The van der Waals surface area contributed by atoms with Crippen molar-refractivity contribution < 1.29 is 23.1 Å². The lowest BCUT2D eigenvalue weighted by molar-refractivity contribution is -0.140. The first-order chi connectivity index (χ1) is 11.0. The van der Waals surface area contributed by atoms with Crippen molar-refractivity contribution in [2.45, 2.75) is 38.1 Å². The Morgan fingerprint density at radius 2 is 1.88 bits per heavy atom. The number of hydrogen-bond donors (Lipinski definition) is 2. The third kappa shape index (κ3) is 4.33. The smallest absolute Gasteiger partial charge is 0.326 e. The average molecular weight is 356 g/mol. The first-order valence-electron chi connectivity index (χ1n) is 7.59. The summed E-state index contributed by atoms with van der Waals surface area (Å²) in [6, 6.07) is 3.20. The highest BCUT2D eigenvalue weighted by atomic mass is 32.2. The summed E-state index contributed by atoms with van der Waals surface area (Å²) in [5, 5.41) is 11.8. The van der Waals surface area contributed by atoms with Gasteiger partial charge < -0.3 is 10.4 Å². The van der Waals surface area contributed by atoms with E-state index in [4.69, 9.17) is 0 Å². The Hall–Kier alpha value is -1.93. The molecule has 2 unspecified atom stereocenters. The lowest BCUT2D eigenvalue weighted by Crippen LogP contribution is -2.45. The maximum absolute atomic E-state index is 12.5. The molecule has 2 atom stereocenters. The summed E-state index contributed by atoms with van der Waals surface area (Å²) >= 11 is 0. The van der Waals surface area contributed by atoms with Crippen molar-refractivity contribution in [2.24, 2.45) is 5.92 Å². The van der Waals surface area contributed by atoms with E-state index in [0.29, 0.717) is 12.0 Å². The van der Waals surface area contributed by atoms with Crippen molar-refractivity contribution in [3.8, 4) is 0 Å². The Bertz CT molecular complexity index is 728. The molecule has 2 N–H and O–H groups in total. The molecule has 0 aliphatic carbocycles. The number of rotatable bonds is 7. The second-order valence-electron chi connectivity index (χ2n) is 5.94. The fourth-order valence-corrected chi connectivity index (χ4v) is 3.05. The molecule has 1 rings (SSSR count). The van der Waals surface area contributed by atoms with Gasteiger partial charge in [-0.2, -0.15) is 0 Å². The molecule has 0 saturated heterocycles. The van der Waals surface area contributed by atoms with Crippen LogP contribution in [0.5, 0.6) is 0 Å². The van der Waals surface area contributed by atoms with Crippen LogP contribution in [-0.4, -0.2) is 49.8 Å². The lowest BCUT2D eigenvalue weighted by atomic mass is 9.98. The van der Waals surface area contributed by atoms with Gasteiger partial charge in [-0.3, -0.25) is 4.79 Å². The van der Waals surface area contributed by atoms with Crippen LogP contribution in [0.4, 0.5) is 0 Å². The van der Waals surface area contributed by atoms with Crippen molar-refractivity contribution in [3.63, 3.8) is 0 Å². The molecule has 1 aromatic rings. The zero-order chi connectivity index (χ0) is 18.7. The number of hydrogen-bond acceptors (Lipinski definition) is 4. The molecule has 0 aromatic heterocycles. The monoisotopic (exact) mass is 356 g/mol. The van der Waals surface area contributed by atoms with Gasteiger partial charge >= 0.3 is 5.97 Å². The molecule has 134 valence electrons. The molecule has 0 saturated carbocycles. The van der Waals surface area contributed by atoms with E-state index in [2.05, 4.69) is 5.32 Å². The van der Waals surface area contributed by atoms with E-state index in [1.165, 1.54) is 32.3 Å². The molecule has 1 aromatic carbocycles. The van der Waals surface area contributed by atoms with Gasteiger partial charge in [0.05, 0.1) is 4.90 Å². The van der Waals surface area contributed by atoms with Gasteiger partial charge in [0.1, 0.15) is 6.04 Å². The predicted octanol–water partition coefficient (Wildman–Crippen LogP) is 1.47. The van der Waals surface area contributed by atoms with Crippen LogP contribution in [0, 0.1) is 12.8 Å². The van der Waals surface area contributed by atoms with Crippen molar-refractivity contribution >= 4 is 21.9 Å². The van der Waals surface area contributed by atoms with Gasteiger partial charge in [0.25, 0.3) is 5.91 Å². The quantitative estimate of drug-likeness (QED) is 0.770. The summed E-state index contributed by atoms with van der Waals surface area (Å²) in [4.78, 5) is 23.8. The van der Waals surface area contributed by atoms with Crippen molar-refractivity contribution in [3.05, 3.63) is 29.3 Å². The van der Waals surface area contributed by atoms with Crippen LogP contribution in [0.2, 0.25) is 0 Å². The van der Waals surface area contributed by atoms with Crippen molar-refractivity contribution in [1.82, 2.24) is 9.62 Å². The SMILES string of the molecule is CCC(C)C(NC(=O)c1cc(S(=O)(=O)N(C)C)ccc1C)C(=O)O. The van der Waals surface area contributed by atoms with Gasteiger partial charge in [0.15, 0.2) is 0 Å². The summed E-state index contributed by atoms with van der Waals surface area (Å²) in [5.41, 5.74) is 0.714. The van der Waals surface area contributed by atoms with Crippen LogP contribution in [0.25, 0.3) is 0 Å². The molecule has 0 bridgehead atoms. The summed E-state index contributed by atoms with van der Waals surface area (Å²) in [6.45, 7) is 5.24. The van der Waals surface area contributed by atoms with Crippen molar-refractivity contribution in [1.29, 1.82) is 0 Å². The number of aliphatic carboxylic acids is 1.